The van der Waals surface area contributed by atoms with Crippen LogP contribution in [0.1, 0.15) is 46.8 Å². The molecule has 0 aliphatic heterocycles. The van der Waals surface area contributed by atoms with Crippen molar-refractivity contribution in [2.75, 3.05) is 25.5 Å². The molecule has 3 aromatic rings. The van der Waals surface area contributed by atoms with Crippen LogP contribution in [0.2, 0.25) is 0 Å². The van der Waals surface area contributed by atoms with Gasteiger partial charge in [0.25, 0.3) is 5.91 Å². The fourth-order valence-corrected chi connectivity index (χ4v) is 4.35. The highest BCUT2D eigenvalue weighted by molar-refractivity contribution is 5.94. The summed E-state index contributed by atoms with van der Waals surface area (Å²) in [6.45, 7) is 0.598. The van der Waals surface area contributed by atoms with Crippen LogP contribution < -0.4 is 5.32 Å². The maximum absolute atomic E-state index is 12.6. The van der Waals surface area contributed by atoms with Crippen molar-refractivity contribution >= 4 is 23.8 Å². The Morgan fingerprint density at radius 2 is 1.69 bits per heavy atom. The summed E-state index contributed by atoms with van der Waals surface area (Å²) in [4.78, 5) is 37.3. The number of fused-ring (bicyclic) bond motifs is 3. The number of nitrogens with zero attached hydrogens (tertiary/aromatic N) is 3. The van der Waals surface area contributed by atoms with E-state index in [1.54, 1.807) is 14.1 Å². The molecule has 2 amide bonds. The van der Waals surface area contributed by atoms with Gasteiger partial charge in [0.2, 0.25) is 0 Å². The minimum absolute atomic E-state index is 0.0494. The number of aromatic nitrogens is 2. The Hall–Kier alpha value is -4.14. The van der Waals surface area contributed by atoms with Crippen LogP contribution in [0, 0.1) is 0 Å². The van der Waals surface area contributed by atoms with Gasteiger partial charge in [-0.05, 0) is 35.1 Å². The van der Waals surface area contributed by atoms with Crippen molar-refractivity contribution in [1.82, 2.24) is 14.7 Å². The van der Waals surface area contributed by atoms with Crippen molar-refractivity contribution in [2.24, 2.45) is 7.05 Å². The average Bonchev–Trinajstić information content (AvgIpc) is 3.37. The molecule has 0 saturated heterocycles. The third-order valence-corrected chi connectivity index (χ3v) is 6.15. The Kier molecular flexibility index (Phi) is 7.14. The number of hydrogen-bond donors (Lipinski definition) is 2. The molecule has 0 spiro atoms. The van der Waals surface area contributed by atoms with E-state index in [9.17, 15) is 14.4 Å². The highest BCUT2D eigenvalue weighted by atomic mass is 16.5. The van der Waals surface area contributed by atoms with Crippen LogP contribution in [0.4, 0.5) is 10.6 Å². The van der Waals surface area contributed by atoms with E-state index in [2.05, 4.69) is 34.7 Å². The molecule has 9 nitrogen and oxygen atoms in total. The summed E-state index contributed by atoms with van der Waals surface area (Å²) in [5.74, 6) is -0.874. The number of carbonyl (C=O) groups is 3. The number of carboxylic acid groups (broad SMARTS) is 1. The third kappa shape index (κ3) is 5.34. The number of rotatable bonds is 9. The number of carboxylic acids is 1. The second kappa shape index (κ2) is 10.4. The fraction of sp³-hybridized carbons (Fsp3) is 0.308. The van der Waals surface area contributed by atoms with Crippen molar-refractivity contribution in [3.8, 4) is 11.1 Å². The standard InChI is InChI=1S/C26H28N4O5/c1-29(14-8-7-13-24(31)32)25(33)22-15-23(30(2)28-22)27-26(34)35-16-21-19-11-5-3-9-17(19)18-10-4-6-12-20(18)21/h3-6,9-12,15,21H,7-8,13-14,16H2,1-2H3,(H,27,34)(H,31,32). The number of carbonyl (C=O) groups excluding carboxylic acids is 2. The predicted octanol–water partition coefficient (Wildman–Crippen LogP) is 4.11. The Bertz CT molecular complexity index is 1210. The van der Waals surface area contributed by atoms with Gasteiger partial charge in [-0.1, -0.05) is 48.5 Å². The largest absolute Gasteiger partial charge is 0.481 e. The molecule has 0 bridgehead atoms. The number of anilines is 1. The molecular formula is C26H28N4O5. The molecule has 0 radical (unpaired) electrons. The minimum Gasteiger partial charge on any atom is -0.481 e. The number of unbranched alkanes of at least 4 members (excludes halogenated alkanes) is 1. The maximum atomic E-state index is 12.6. The Morgan fingerprint density at radius 3 is 2.31 bits per heavy atom. The van der Waals surface area contributed by atoms with Gasteiger partial charge >= 0.3 is 12.1 Å². The van der Waals surface area contributed by atoms with E-state index in [4.69, 9.17) is 9.84 Å². The lowest BCUT2D eigenvalue weighted by atomic mass is 9.98. The normalized spacial score (nSPS) is 12.1. The van der Waals surface area contributed by atoms with E-state index >= 15 is 0 Å². The highest BCUT2D eigenvalue weighted by Gasteiger charge is 2.29. The first kappa shape index (κ1) is 24.0. The summed E-state index contributed by atoms with van der Waals surface area (Å²) in [6, 6.07) is 17.7. The zero-order valence-corrected chi connectivity index (χ0v) is 19.7. The lowest BCUT2D eigenvalue weighted by Crippen LogP contribution is -2.28. The summed E-state index contributed by atoms with van der Waals surface area (Å²) >= 11 is 0. The van der Waals surface area contributed by atoms with Crippen LogP contribution in [0.3, 0.4) is 0 Å². The van der Waals surface area contributed by atoms with Crippen molar-refractivity contribution in [2.45, 2.75) is 25.2 Å². The summed E-state index contributed by atoms with van der Waals surface area (Å²) in [5.41, 5.74) is 4.74. The van der Waals surface area contributed by atoms with E-state index in [0.29, 0.717) is 25.2 Å². The van der Waals surface area contributed by atoms with Gasteiger partial charge in [-0.15, -0.1) is 0 Å². The lowest BCUT2D eigenvalue weighted by Gasteiger charge is -2.15. The number of aryl methyl sites for hydroxylation is 1. The predicted molar refractivity (Wildman–Crippen MR) is 130 cm³/mol. The second-order valence-electron chi connectivity index (χ2n) is 8.57. The second-order valence-corrected chi connectivity index (χ2v) is 8.57. The smallest absolute Gasteiger partial charge is 0.412 e. The van der Waals surface area contributed by atoms with Gasteiger partial charge < -0.3 is 14.7 Å². The molecule has 1 aromatic heterocycles. The monoisotopic (exact) mass is 476 g/mol. The van der Waals surface area contributed by atoms with Gasteiger partial charge in [0, 0.05) is 39.0 Å². The molecule has 1 aliphatic carbocycles. The van der Waals surface area contributed by atoms with Crippen LogP contribution in [0.25, 0.3) is 11.1 Å². The van der Waals surface area contributed by atoms with Crippen LogP contribution in [0.5, 0.6) is 0 Å². The molecule has 0 atom stereocenters. The Morgan fingerprint density at radius 1 is 1.06 bits per heavy atom. The zero-order chi connectivity index (χ0) is 24.9. The molecule has 35 heavy (non-hydrogen) atoms. The summed E-state index contributed by atoms with van der Waals surface area (Å²) in [5, 5.41) is 15.6. The topological polar surface area (TPSA) is 114 Å². The van der Waals surface area contributed by atoms with Crippen LogP contribution in [-0.4, -0.2) is 58.0 Å². The molecule has 1 aliphatic rings. The van der Waals surface area contributed by atoms with Crippen LogP contribution >= 0.6 is 0 Å². The lowest BCUT2D eigenvalue weighted by molar-refractivity contribution is -0.137. The molecule has 0 saturated carbocycles. The van der Waals surface area contributed by atoms with E-state index < -0.39 is 12.1 Å². The highest BCUT2D eigenvalue weighted by Crippen LogP contribution is 2.44. The summed E-state index contributed by atoms with van der Waals surface area (Å²) < 4.78 is 6.98. The molecule has 182 valence electrons. The first-order chi connectivity index (χ1) is 16.8. The zero-order valence-electron chi connectivity index (χ0n) is 19.7. The van der Waals surface area contributed by atoms with Crippen molar-refractivity contribution in [1.29, 1.82) is 0 Å². The number of aliphatic carboxylic acids is 1. The third-order valence-electron chi connectivity index (χ3n) is 6.15. The van der Waals surface area contributed by atoms with Crippen molar-refractivity contribution in [3.05, 3.63) is 71.4 Å². The summed E-state index contributed by atoms with van der Waals surface area (Å²) in [6.07, 6.45) is 0.506. The van der Waals surface area contributed by atoms with Crippen molar-refractivity contribution < 1.29 is 24.2 Å². The number of ether oxygens (including phenoxy) is 1. The van der Waals surface area contributed by atoms with Gasteiger partial charge in [-0.2, -0.15) is 5.10 Å². The van der Waals surface area contributed by atoms with Gasteiger partial charge in [-0.3, -0.25) is 19.6 Å². The number of hydrogen-bond acceptors (Lipinski definition) is 5. The molecule has 9 heteroatoms. The quantitative estimate of drug-likeness (QED) is 0.450. The molecule has 2 aromatic carbocycles. The summed E-state index contributed by atoms with van der Waals surface area (Å²) in [7, 11) is 3.26. The van der Waals surface area contributed by atoms with E-state index in [0.717, 1.165) is 22.3 Å². The minimum atomic E-state index is -0.854. The van der Waals surface area contributed by atoms with Gasteiger partial charge in [-0.25, -0.2) is 4.79 Å². The Labute approximate surface area is 203 Å². The van der Waals surface area contributed by atoms with Gasteiger partial charge in [0.15, 0.2) is 5.69 Å². The van der Waals surface area contributed by atoms with Crippen LogP contribution in [0.15, 0.2) is 54.6 Å². The number of benzene rings is 2. The Balaban J connectivity index is 1.35. The molecular weight excluding hydrogens is 448 g/mol. The van der Waals surface area contributed by atoms with E-state index in [1.807, 2.05) is 24.3 Å². The van der Waals surface area contributed by atoms with E-state index in [1.165, 1.54) is 15.6 Å². The molecule has 4 rings (SSSR count). The average molecular weight is 477 g/mol. The van der Waals surface area contributed by atoms with Gasteiger partial charge in [0.1, 0.15) is 12.4 Å². The first-order valence-electron chi connectivity index (χ1n) is 11.5. The number of amides is 2. The first-order valence-corrected chi connectivity index (χ1v) is 11.5. The fourth-order valence-electron chi connectivity index (χ4n) is 4.35. The molecule has 0 unspecified atom stereocenters. The SMILES string of the molecule is CN(CCCCC(=O)O)C(=O)c1cc(NC(=O)OCC2c3ccccc3-c3ccccc32)n(C)n1. The molecule has 2 N–H and O–H groups in total. The van der Waals surface area contributed by atoms with Crippen molar-refractivity contribution in [3.63, 3.8) is 0 Å². The number of nitrogens with one attached hydrogen (secondary N) is 1. The molecule has 1 heterocycles. The van der Waals surface area contributed by atoms with Gasteiger partial charge in [0.05, 0.1) is 0 Å². The van der Waals surface area contributed by atoms with Crippen LogP contribution in [-0.2, 0) is 16.6 Å². The molecule has 0 fully saturated rings. The maximum Gasteiger partial charge on any atom is 0.412 e. The van der Waals surface area contributed by atoms with E-state index in [-0.39, 0.29) is 30.5 Å².